The highest BCUT2D eigenvalue weighted by molar-refractivity contribution is 6.03. The predicted molar refractivity (Wildman–Crippen MR) is 106 cm³/mol. The van der Waals surface area contributed by atoms with Crippen LogP contribution in [0.2, 0.25) is 0 Å². The van der Waals surface area contributed by atoms with E-state index in [1.54, 1.807) is 13.3 Å². The summed E-state index contributed by atoms with van der Waals surface area (Å²) in [7, 11) is 1.68. The number of anilines is 1. The third-order valence-electron chi connectivity index (χ3n) is 5.60. The van der Waals surface area contributed by atoms with Gasteiger partial charge in [0.05, 0.1) is 12.6 Å². The molecule has 27 heavy (non-hydrogen) atoms. The van der Waals surface area contributed by atoms with Gasteiger partial charge >= 0.3 is 0 Å². The fourth-order valence-corrected chi connectivity index (χ4v) is 4.45. The van der Waals surface area contributed by atoms with Gasteiger partial charge in [0.2, 0.25) is 0 Å². The number of nitrogens with one attached hydrogen (secondary N) is 1. The molecular weight excluding hydrogens is 336 g/mol. The lowest BCUT2D eigenvalue weighted by atomic mass is 9.74. The molecular formula is C23H20N2O2. The van der Waals surface area contributed by atoms with E-state index in [2.05, 4.69) is 28.5 Å². The molecule has 0 spiro atoms. The number of allylic oxidation sites excluding steroid dienone is 2. The number of hydrogen-bond donors (Lipinski definition) is 1. The van der Waals surface area contributed by atoms with Crippen LogP contribution >= 0.6 is 0 Å². The maximum Gasteiger partial charge on any atom is 0.161 e. The largest absolute Gasteiger partial charge is 0.496 e. The Morgan fingerprint density at radius 1 is 1.07 bits per heavy atom. The second-order valence-corrected chi connectivity index (χ2v) is 7.07. The summed E-state index contributed by atoms with van der Waals surface area (Å²) in [5.74, 6) is 0.890. The monoisotopic (exact) mass is 356 g/mol. The number of rotatable bonds is 2. The van der Waals surface area contributed by atoms with Crippen LogP contribution in [0.5, 0.6) is 5.75 Å². The van der Waals surface area contributed by atoms with Crippen LogP contribution in [0.4, 0.5) is 5.69 Å². The number of carbonyl (C=O) groups excluding carboxylic acids is 1. The van der Waals surface area contributed by atoms with E-state index in [0.29, 0.717) is 6.42 Å². The van der Waals surface area contributed by atoms with Crippen molar-refractivity contribution in [3.8, 4) is 5.75 Å². The highest BCUT2D eigenvalue weighted by Gasteiger charge is 2.37. The molecule has 134 valence electrons. The van der Waals surface area contributed by atoms with Crippen molar-refractivity contribution in [1.82, 2.24) is 4.98 Å². The Morgan fingerprint density at radius 2 is 1.96 bits per heavy atom. The van der Waals surface area contributed by atoms with Crippen molar-refractivity contribution in [3.63, 3.8) is 0 Å². The maximum atomic E-state index is 13.0. The minimum absolute atomic E-state index is 0.145. The first-order valence-corrected chi connectivity index (χ1v) is 9.31. The van der Waals surface area contributed by atoms with Gasteiger partial charge in [0, 0.05) is 46.4 Å². The molecule has 0 radical (unpaired) electrons. The lowest BCUT2D eigenvalue weighted by Crippen LogP contribution is -2.27. The van der Waals surface area contributed by atoms with Crippen molar-refractivity contribution >= 4 is 22.4 Å². The third-order valence-corrected chi connectivity index (χ3v) is 5.60. The number of fused-ring (bicyclic) bond motifs is 3. The van der Waals surface area contributed by atoms with E-state index in [1.807, 2.05) is 30.3 Å². The topological polar surface area (TPSA) is 51.2 Å². The Kier molecular flexibility index (Phi) is 3.71. The summed E-state index contributed by atoms with van der Waals surface area (Å²) in [6, 6.07) is 16.2. The summed E-state index contributed by atoms with van der Waals surface area (Å²) >= 11 is 0. The van der Waals surface area contributed by atoms with Gasteiger partial charge < -0.3 is 10.1 Å². The predicted octanol–water partition coefficient (Wildman–Crippen LogP) is 4.81. The molecule has 0 saturated heterocycles. The second kappa shape index (κ2) is 6.23. The quantitative estimate of drug-likeness (QED) is 0.716. The molecule has 3 aromatic rings. The summed E-state index contributed by atoms with van der Waals surface area (Å²) < 4.78 is 5.67. The molecule has 1 aromatic heterocycles. The van der Waals surface area contributed by atoms with Crippen LogP contribution in [-0.2, 0) is 4.79 Å². The highest BCUT2D eigenvalue weighted by atomic mass is 16.5. The van der Waals surface area contributed by atoms with Crippen LogP contribution in [0.1, 0.15) is 36.3 Å². The molecule has 0 bridgehead atoms. The minimum Gasteiger partial charge on any atom is -0.496 e. The Hall–Kier alpha value is -3.14. The Morgan fingerprint density at radius 3 is 2.85 bits per heavy atom. The zero-order chi connectivity index (χ0) is 18.4. The van der Waals surface area contributed by atoms with Crippen LogP contribution in [0.25, 0.3) is 10.9 Å². The number of ether oxygens (including phenoxy) is 1. The van der Waals surface area contributed by atoms with Crippen LogP contribution in [0.3, 0.4) is 0 Å². The van der Waals surface area contributed by atoms with Crippen LogP contribution in [-0.4, -0.2) is 17.9 Å². The van der Waals surface area contributed by atoms with Crippen LogP contribution < -0.4 is 10.1 Å². The first kappa shape index (κ1) is 16.1. The summed E-state index contributed by atoms with van der Waals surface area (Å²) in [6.45, 7) is 0. The molecule has 2 aromatic carbocycles. The van der Waals surface area contributed by atoms with E-state index in [-0.39, 0.29) is 11.7 Å². The number of aromatic nitrogens is 1. The van der Waals surface area contributed by atoms with Crippen molar-refractivity contribution in [2.75, 3.05) is 12.4 Å². The normalized spacial score (nSPS) is 18.7. The summed E-state index contributed by atoms with van der Waals surface area (Å²) in [4.78, 5) is 17.5. The molecule has 4 heteroatoms. The molecule has 1 aliphatic carbocycles. The lowest BCUT2D eigenvalue weighted by molar-refractivity contribution is -0.116. The van der Waals surface area contributed by atoms with Gasteiger partial charge in [0.1, 0.15) is 5.75 Å². The number of nitrogens with zero attached hydrogens (tertiary/aromatic N) is 1. The molecule has 2 aliphatic rings. The fourth-order valence-electron chi connectivity index (χ4n) is 4.45. The van der Waals surface area contributed by atoms with E-state index in [4.69, 9.17) is 4.74 Å². The van der Waals surface area contributed by atoms with Gasteiger partial charge in [-0.1, -0.05) is 24.3 Å². The number of ketones is 1. The lowest BCUT2D eigenvalue weighted by Gasteiger charge is -2.35. The molecule has 2 heterocycles. The number of pyridine rings is 1. The van der Waals surface area contributed by atoms with Gasteiger partial charge in [-0.2, -0.15) is 0 Å². The molecule has 4 nitrogen and oxygen atoms in total. The average Bonchev–Trinajstić information content (AvgIpc) is 2.72. The highest BCUT2D eigenvalue weighted by Crippen LogP contribution is 2.49. The van der Waals surface area contributed by atoms with E-state index in [9.17, 15) is 4.79 Å². The molecule has 0 saturated carbocycles. The molecule has 0 fully saturated rings. The molecule has 1 unspecified atom stereocenters. The van der Waals surface area contributed by atoms with Gasteiger partial charge in [-0.3, -0.25) is 9.78 Å². The molecule has 1 atom stereocenters. The number of benzene rings is 2. The maximum absolute atomic E-state index is 13.0. The summed E-state index contributed by atoms with van der Waals surface area (Å²) in [5.41, 5.74) is 6.07. The number of para-hydroxylation sites is 1. The van der Waals surface area contributed by atoms with E-state index in [0.717, 1.165) is 57.6 Å². The van der Waals surface area contributed by atoms with E-state index < -0.39 is 0 Å². The summed E-state index contributed by atoms with van der Waals surface area (Å²) in [5, 5.41) is 4.62. The molecule has 0 amide bonds. The Bertz CT molecular complexity index is 1100. The van der Waals surface area contributed by atoms with E-state index >= 15 is 0 Å². The zero-order valence-electron chi connectivity index (χ0n) is 15.2. The first-order valence-electron chi connectivity index (χ1n) is 9.31. The van der Waals surface area contributed by atoms with Crippen molar-refractivity contribution in [1.29, 1.82) is 0 Å². The molecule has 1 N–H and O–H groups in total. The molecule has 1 aliphatic heterocycles. The first-order chi connectivity index (χ1) is 13.3. The third kappa shape index (κ3) is 2.44. The smallest absolute Gasteiger partial charge is 0.161 e. The second-order valence-electron chi connectivity index (χ2n) is 7.07. The standard InChI is InChI=1S/C23H20N2O2/c1-27-20-10-3-2-6-15(20)22-21-14-7-5-13-24-16(14)11-12-18(21)25-17-8-4-9-19(26)23(17)22/h2-3,5-7,10-13,22,25H,4,8-9H2,1H3. The average molecular weight is 356 g/mol. The number of carbonyl (C=O) groups is 1. The Labute approximate surface area is 157 Å². The SMILES string of the molecule is COc1ccccc1C1C2=C(CCCC2=O)Nc2ccc3ncccc3c21. The van der Waals surface area contributed by atoms with Gasteiger partial charge in [0.25, 0.3) is 0 Å². The number of methoxy groups -OCH3 is 1. The van der Waals surface area contributed by atoms with Gasteiger partial charge in [-0.15, -0.1) is 0 Å². The van der Waals surface area contributed by atoms with Crippen molar-refractivity contribution in [3.05, 3.63) is 77.1 Å². The van der Waals surface area contributed by atoms with Crippen LogP contribution in [0.15, 0.2) is 66.0 Å². The minimum atomic E-state index is -0.145. The summed E-state index contributed by atoms with van der Waals surface area (Å²) in [6.07, 6.45) is 4.20. The van der Waals surface area contributed by atoms with Crippen molar-refractivity contribution < 1.29 is 9.53 Å². The van der Waals surface area contributed by atoms with Gasteiger partial charge in [0.15, 0.2) is 5.78 Å². The number of Topliss-reactive ketones (excluding diaryl/α,β-unsaturated/α-hetero) is 1. The Balaban J connectivity index is 1.86. The van der Waals surface area contributed by atoms with Gasteiger partial charge in [-0.25, -0.2) is 0 Å². The van der Waals surface area contributed by atoms with Crippen LogP contribution in [0, 0.1) is 0 Å². The van der Waals surface area contributed by atoms with Gasteiger partial charge in [-0.05, 0) is 42.7 Å². The fraction of sp³-hybridized carbons (Fsp3) is 0.217. The van der Waals surface area contributed by atoms with Crippen molar-refractivity contribution in [2.24, 2.45) is 0 Å². The number of hydrogen-bond acceptors (Lipinski definition) is 4. The molecule has 5 rings (SSSR count). The van der Waals surface area contributed by atoms with E-state index in [1.165, 1.54) is 0 Å². The van der Waals surface area contributed by atoms with Crippen molar-refractivity contribution in [2.45, 2.75) is 25.2 Å². The zero-order valence-corrected chi connectivity index (χ0v) is 15.2.